The Labute approximate surface area is 394 Å². The number of nitrogens with zero attached hydrogens (tertiary/aromatic N) is 2. The van der Waals surface area contributed by atoms with Gasteiger partial charge in [0.25, 0.3) is 0 Å². The molecule has 2 saturated heterocycles. The van der Waals surface area contributed by atoms with Crippen molar-refractivity contribution in [1.82, 2.24) is 9.80 Å². The molecule has 360 valence electrons. The van der Waals surface area contributed by atoms with E-state index in [1.165, 1.54) is 58.4 Å². The number of piperidine rings is 2. The molecule has 0 atom stereocenters. The van der Waals surface area contributed by atoms with Gasteiger partial charge in [0, 0.05) is 26.3 Å². The van der Waals surface area contributed by atoms with Gasteiger partial charge in [-0.2, -0.15) is 0 Å². The second-order valence-corrected chi connectivity index (χ2v) is 20.2. The van der Waals surface area contributed by atoms with E-state index in [0.29, 0.717) is 42.9 Å². The minimum Gasteiger partial charge on any atom is -0.490 e. The zero-order valence-electron chi connectivity index (χ0n) is 40.6. The molecule has 4 aromatic carbocycles. The van der Waals surface area contributed by atoms with Crippen molar-refractivity contribution in [2.45, 2.75) is 149 Å². The Bertz CT molecular complexity index is 2130. The highest BCUT2D eigenvalue weighted by Crippen LogP contribution is 2.32. The smallest absolute Gasteiger partial charge is 0.309 e. The number of carbonyl (C=O) groups is 2. The van der Waals surface area contributed by atoms with E-state index in [1.807, 2.05) is 6.92 Å². The molecule has 1 N–H and O–H groups in total. The lowest BCUT2D eigenvalue weighted by molar-refractivity contribution is -0.149. The molecule has 0 radical (unpaired) electrons. The summed E-state index contributed by atoms with van der Waals surface area (Å²) in [6, 6.07) is 26.2. The third-order valence-corrected chi connectivity index (χ3v) is 14.2. The molecule has 0 amide bonds. The van der Waals surface area contributed by atoms with Gasteiger partial charge in [-0.15, -0.1) is 0 Å². The molecule has 66 heavy (non-hydrogen) atoms. The topological polar surface area (TPSA) is 107 Å². The summed E-state index contributed by atoms with van der Waals surface area (Å²) in [5, 5.41) is 14.1. The van der Waals surface area contributed by atoms with E-state index in [1.54, 1.807) is 0 Å². The highest BCUT2D eigenvalue weighted by atomic mass is 16.5. The van der Waals surface area contributed by atoms with E-state index < -0.39 is 5.97 Å². The number of carboxylic acids is 1. The molecular formula is C56H78N2O8. The van der Waals surface area contributed by atoms with Gasteiger partial charge in [-0.25, -0.2) is 0 Å². The Kier molecular flexibility index (Phi) is 18.6. The van der Waals surface area contributed by atoms with Crippen molar-refractivity contribution in [3.05, 3.63) is 83.9 Å². The number of ether oxygens (including phenoxy) is 5. The van der Waals surface area contributed by atoms with Gasteiger partial charge < -0.3 is 28.8 Å². The van der Waals surface area contributed by atoms with Crippen molar-refractivity contribution in [3.8, 4) is 11.5 Å². The van der Waals surface area contributed by atoms with Crippen LogP contribution in [-0.2, 0) is 36.9 Å². The number of esters is 1. The molecule has 10 nitrogen and oxygen atoms in total. The normalized spacial score (nSPS) is 22.6. The van der Waals surface area contributed by atoms with E-state index >= 15 is 0 Å². The summed E-state index contributed by atoms with van der Waals surface area (Å²) >= 11 is 0. The average molecular weight is 907 g/mol. The summed E-state index contributed by atoms with van der Waals surface area (Å²) in [7, 11) is 0. The maximum absolute atomic E-state index is 12.0. The number of rotatable bonds is 17. The Hall–Kier alpha value is -4.22. The molecule has 0 spiro atoms. The molecule has 0 bridgehead atoms. The fourth-order valence-corrected chi connectivity index (χ4v) is 10.2. The van der Waals surface area contributed by atoms with Gasteiger partial charge in [-0.1, -0.05) is 36.4 Å². The van der Waals surface area contributed by atoms with Crippen molar-refractivity contribution in [2.24, 2.45) is 23.7 Å². The van der Waals surface area contributed by atoms with Gasteiger partial charge >= 0.3 is 11.9 Å². The number of benzene rings is 4. The van der Waals surface area contributed by atoms with Gasteiger partial charge in [0.15, 0.2) is 0 Å². The molecule has 0 unspecified atom stereocenters. The standard InChI is InChI=1S/C29H41NO4.C27H37NO4/c1-4-32-29(31)24-13-15-30(16-14-24)19-23-5-8-26-18-28(12-9-25(26)17-23)34-27-10-6-22(7-11-27)20-33-21(2)3;1-19(2)31-18-20-4-8-25(9-5-20)32-26-10-7-23-15-21(3-6-24(23)16-26)17-28-13-11-22(12-14-28)27(29)30/h5,8-9,12,17-18,21-22,24,27H,4,6-7,10-11,13-16,19-20H2,1-3H3;3,6-7,10,15-16,19-20,22,25H,4-5,8-9,11-14,17-18H2,1-2H3,(H,29,30). The Morgan fingerprint density at radius 2 is 0.939 bits per heavy atom. The molecule has 4 aromatic rings. The molecule has 2 saturated carbocycles. The molecule has 2 aliphatic heterocycles. The van der Waals surface area contributed by atoms with Crippen molar-refractivity contribution in [2.75, 3.05) is 46.0 Å². The summed E-state index contributed by atoms with van der Waals surface area (Å²) in [6.45, 7) is 17.9. The molecular weight excluding hydrogens is 829 g/mol. The second kappa shape index (κ2) is 24.7. The number of likely N-dealkylation sites (tertiary alicyclic amines) is 2. The minimum atomic E-state index is -0.651. The van der Waals surface area contributed by atoms with Crippen LogP contribution in [0, 0.1) is 23.7 Å². The zero-order valence-corrected chi connectivity index (χ0v) is 40.6. The number of hydrogen-bond donors (Lipinski definition) is 1. The molecule has 2 heterocycles. The highest BCUT2D eigenvalue weighted by molar-refractivity contribution is 5.85. The van der Waals surface area contributed by atoms with Crippen LogP contribution in [0.2, 0.25) is 0 Å². The van der Waals surface area contributed by atoms with Crippen molar-refractivity contribution in [1.29, 1.82) is 0 Å². The molecule has 0 aromatic heterocycles. The lowest BCUT2D eigenvalue weighted by atomic mass is 9.88. The van der Waals surface area contributed by atoms with Crippen LogP contribution in [0.3, 0.4) is 0 Å². The molecule has 4 aliphatic rings. The summed E-state index contributed by atoms with van der Waals surface area (Å²) in [5.74, 6) is 2.49. The number of carboxylic acid groups (broad SMARTS) is 1. The van der Waals surface area contributed by atoms with Crippen LogP contribution in [0.25, 0.3) is 21.5 Å². The fourth-order valence-electron chi connectivity index (χ4n) is 10.2. The lowest BCUT2D eigenvalue weighted by Crippen LogP contribution is -2.36. The first-order chi connectivity index (χ1) is 32.0. The third kappa shape index (κ3) is 15.1. The summed E-state index contributed by atoms with van der Waals surface area (Å²) in [6.07, 6.45) is 13.6. The van der Waals surface area contributed by atoms with Gasteiger partial charge in [0.2, 0.25) is 0 Å². The van der Waals surface area contributed by atoms with Crippen LogP contribution in [0.15, 0.2) is 72.8 Å². The van der Waals surface area contributed by atoms with Gasteiger partial charge in [0.1, 0.15) is 11.5 Å². The van der Waals surface area contributed by atoms with E-state index in [9.17, 15) is 14.7 Å². The molecule has 8 rings (SSSR count). The van der Waals surface area contributed by atoms with Crippen LogP contribution < -0.4 is 9.47 Å². The van der Waals surface area contributed by atoms with Crippen LogP contribution in [0.5, 0.6) is 11.5 Å². The predicted octanol–water partition coefficient (Wildman–Crippen LogP) is 11.5. The Morgan fingerprint density at radius 1 is 0.545 bits per heavy atom. The monoisotopic (exact) mass is 907 g/mol. The number of carbonyl (C=O) groups excluding carboxylic acids is 1. The summed E-state index contributed by atoms with van der Waals surface area (Å²) in [4.78, 5) is 27.9. The van der Waals surface area contributed by atoms with Crippen LogP contribution in [0.1, 0.15) is 123 Å². The molecule has 2 aliphatic carbocycles. The maximum atomic E-state index is 12.0. The number of aliphatic carboxylic acids is 1. The quantitative estimate of drug-likeness (QED) is 0.103. The van der Waals surface area contributed by atoms with Crippen LogP contribution >= 0.6 is 0 Å². The Balaban J connectivity index is 0.000000197. The maximum Gasteiger partial charge on any atom is 0.309 e. The summed E-state index contributed by atoms with van der Waals surface area (Å²) in [5.41, 5.74) is 2.60. The van der Waals surface area contributed by atoms with E-state index in [-0.39, 0.29) is 17.8 Å². The molecule has 4 fully saturated rings. The number of fused-ring (bicyclic) bond motifs is 2. The largest absolute Gasteiger partial charge is 0.490 e. The van der Waals surface area contributed by atoms with Crippen LogP contribution in [0.4, 0.5) is 0 Å². The fraction of sp³-hybridized carbons (Fsp3) is 0.607. The minimum absolute atomic E-state index is 0.0286. The first-order valence-corrected chi connectivity index (χ1v) is 25.4. The van der Waals surface area contributed by atoms with E-state index in [2.05, 4.69) is 110 Å². The Morgan fingerprint density at radius 3 is 1.33 bits per heavy atom. The lowest BCUT2D eigenvalue weighted by Gasteiger charge is -2.30. The van der Waals surface area contributed by atoms with Crippen molar-refractivity contribution >= 4 is 33.5 Å². The number of hydrogen-bond acceptors (Lipinski definition) is 9. The van der Waals surface area contributed by atoms with E-state index in [4.69, 9.17) is 23.7 Å². The summed E-state index contributed by atoms with van der Waals surface area (Å²) < 4.78 is 29.4. The first kappa shape index (κ1) is 49.7. The third-order valence-electron chi connectivity index (χ3n) is 14.2. The van der Waals surface area contributed by atoms with E-state index in [0.717, 1.165) is 115 Å². The van der Waals surface area contributed by atoms with Crippen molar-refractivity contribution in [3.63, 3.8) is 0 Å². The zero-order chi connectivity index (χ0) is 46.4. The first-order valence-electron chi connectivity index (χ1n) is 25.4. The van der Waals surface area contributed by atoms with Crippen LogP contribution in [-0.4, -0.2) is 97.3 Å². The average Bonchev–Trinajstić information content (AvgIpc) is 3.32. The highest BCUT2D eigenvalue weighted by Gasteiger charge is 2.28. The molecule has 10 heteroatoms. The second-order valence-electron chi connectivity index (χ2n) is 20.2. The van der Waals surface area contributed by atoms with Gasteiger partial charge in [-0.05, 0) is 219 Å². The van der Waals surface area contributed by atoms with Crippen molar-refractivity contribution < 1.29 is 38.4 Å². The van der Waals surface area contributed by atoms with Gasteiger partial charge in [0.05, 0.1) is 42.9 Å². The SMILES string of the molecule is CC(C)OCC1CCC(Oc2ccc3cc(CN4CCC(C(=O)O)CC4)ccc3c2)CC1.CCOC(=O)C1CCN(Cc2ccc3cc(OC4CCC(COC(C)C)CC4)ccc3c2)CC1. The van der Waals surface area contributed by atoms with Gasteiger partial charge in [-0.3, -0.25) is 19.4 Å². The predicted molar refractivity (Wildman–Crippen MR) is 263 cm³/mol.